The van der Waals surface area contributed by atoms with E-state index in [1.165, 1.54) is 0 Å². The molecule has 11 rings (SSSR count). The first-order chi connectivity index (χ1) is 37.8. The fourth-order valence-corrected chi connectivity index (χ4v) is 6.36. The minimum absolute atomic E-state index is 0.468. The summed E-state index contributed by atoms with van der Waals surface area (Å²) in [5, 5.41) is -8.30. The Bertz CT molecular complexity index is 4850. The molecule has 1 nitrogen and oxygen atoms in total. The molecular formula is C50H30O. The fourth-order valence-electron chi connectivity index (χ4n) is 6.36. The Hall–Kier alpha value is -6.70. The molecule has 1 heteroatoms. The minimum atomic E-state index is -1.10. The molecule has 0 saturated heterocycles. The third-order valence-electron chi connectivity index (χ3n) is 8.51. The van der Waals surface area contributed by atoms with E-state index in [4.69, 9.17) is 30.5 Å². The Kier molecular flexibility index (Phi) is 2.50. The Morgan fingerprint density at radius 3 is 1.49 bits per heavy atom. The van der Waals surface area contributed by atoms with E-state index in [0.29, 0.717) is 0 Å². The van der Waals surface area contributed by atoms with Gasteiger partial charge in [0.1, 0.15) is 11.2 Å². The van der Waals surface area contributed by atoms with Gasteiger partial charge in [-0.05, 0) is 123 Å². The van der Waals surface area contributed by atoms with Crippen LogP contribution in [0.3, 0.4) is 0 Å². The third-order valence-corrected chi connectivity index (χ3v) is 8.51. The van der Waals surface area contributed by atoms with Gasteiger partial charge in [-0.3, -0.25) is 0 Å². The molecular weight excluding hydrogens is 617 g/mol. The van der Waals surface area contributed by atoms with Crippen LogP contribution in [-0.4, -0.2) is 0 Å². The van der Waals surface area contributed by atoms with E-state index in [9.17, 15) is 15.1 Å². The maximum Gasteiger partial charge on any atom is 0.136 e. The van der Waals surface area contributed by atoms with E-state index in [-0.39, 0.29) is 0 Å². The lowest BCUT2D eigenvalue weighted by Gasteiger charge is -2.20. The molecule has 0 aliphatic carbocycles. The van der Waals surface area contributed by atoms with Crippen LogP contribution in [0.1, 0.15) is 41.1 Å². The highest BCUT2D eigenvalue weighted by molar-refractivity contribution is 6.24. The molecule has 0 amide bonds. The normalized spacial score (nSPS) is 20.2. The minimum Gasteiger partial charge on any atom is -0.456 e. The maximum absolute atomic E-state index is 10.2. The van der Waals surface area contributed by atoms with Gasteiger partial charge in [0.25, 0.3) is 0 Å². The molecule has 0 radical (unpaired) electrons. The first-order valence-corrected chi connectivity index (χ1v) is 15.2. The Balaban J connectivity index is 1.50. The van der Waals surface area contributed by atoms with Gasteiger partial charge in [0, 0.05) is 10.8 Å². The molecule has 0 saturated carbocycles. The van der Waals surface area contributed by atoms with Crippen LogP contribution in [-0.2, 0) is 0 Å². The highest BCUT2D eigenvalue weighted by Crippen LogP contribution is 2.48. The Morgan fingerprint density at radius 1 is 0.314 bits per heavy atom. The summed E-state index contributed by atoms with van der Waals surface area (Å²) in [4.78, 5) is 0. The van der Waals surface area contributed by atoms with Crippen molar-refractivity contribution in [1.82, 2.24) is 0 Å². The molecule has 1 heterocycles. The number of benzene rings is 10. The van der Waals surface area contributed by atoms with Crippen LogP contribution in [0, 0.1) is 0 Å². The molecule has 51 heavy (non-hydrogen) atoms. The molecule has 1 aromatic heterocycles. The summed E-state index contributed by atoms with van der Waals surface area (Å²) in [7, 11) is 0. The Labute approximate surface area is 336 Å². The van der Waals surface area contributed by atoms with Crippen molar-refractivity contribution in [3.63, 3.8) is 0 Å². The molecule has 0 atom stereocenters. The highest BCUT2D eigenvalue weighted by Gasteiger charge is 2.21. The molecule has 0 unspecified atom stereocenters. The average molecular weight is 677 g/mol. The summed E-state index contributed by atoms with van der Waals surface area (Å²) < 4.78 is 281. The van der Waals surface area contributed by atoms with Crippen molar-refractivity contribution in [2.75, 3.05) is 0 Å². The van der Waals surface area contributed by atoms with Crippen molar-refractivity contribution in [3.8, 4) is 33.4 Å². The van der Waals surface area contributed by atoms with Gasteiger partial charge >= 0.3 is 0 Å². The third kappa shape index (κ3) is 4.28. The summed E-state index contributed by atoms with van der Waals surface area (Å²) in [5.41, 5.74) is -6.56. The summed E-state index contributed by atoms with van der Waals surface area (Å²) >= 11 is 0. The largest absolute Gasteiger partial charge is 0.456 e. The SMILES string of the molecule is [2H]c1c(-c2c(-c3c4c([2H])c([2H])c([2H])c([2H])c4c(-c4c([2H])c([2H])c5c([2H])c([2H])c([2H])c([2H])c5c4[2H])c4c([2H])c([2H])c([2H])c([2H])c34)c([2H])c3c([2H])c([2H])c([2H])c([2H])c3c2[2H])c([2H])c2c(oc3c([2H])c([2H])c4c([2H])c([2H])c([2H])c([2H])c4c32)c1[2H]. The van der Waals surface area contributed by atoms with E-state index >= 15 is 0 Å². The molecule has 0 aliphatic heterocycles. The fraction of sp³-hybridized carbons (Fsp3) is 0. The molecule has 10 aromatic carbocycles. The van der Waals surface area contributed by atoms with Gasteiger partial charge in [-0.1, -0.05) is 145 Å². The van der Waals surface area contributed by atoms with E-state index in [1.807, 2.05) is 0 Å². The average Bonchev–Trinajstić information content (AvgIpc) is 3.95. The van der Waals surface area contributed by atoms with Crippen molar-refractivity contribution in [1.29, 1.82) is 0 Å². The van der Waals surface area contributed by atoms with Gasteiger partial charge < -0.3 is 4.42 Å². The zero-order chi connectivity index (χ0) is 59.6. The number of furan rings is 1. The van der Waals surface area contributed by atoms with Gasteiger partial charge in [0.15, 0.2) is 0 Å². The predicted molar refractivity (Wildman–Crippen MR) is 218 cm³/mol. The van der Waals surface area contributed by atoms with E-state index in [0.717, 1.165) is 0 Å². The van der Waals surface area contributed by atoms with Crippen molar-refractivity contribution >= 4 is 75.8 Å². The summed E-state index contributed by atoms with van der Waals surface area (Å²) in [5.74, 6) is 0. The van der Waals surface area contributed by atoms with Crippen molar-refractivity contribution in [3.05, 3.63) is 181 Å². The highest BCUT2D eigenvalue weighted by atomic mass is 16.3. The van der Waals surface area contributed by atoms with Gasteiger partial charge in [0.05, 0.1) is 41.1 Å². The van der Waals surface area contributed by atoms with Crippen molar-refractivity contribution < 1.29 is 45.5 Å². The predicted octanol–water partition coefficient (Wildman–Crippen LogP) is 14.4. The second-order valence-corrected chi connectivity index (χ2v) is 11.3. The van der Waals surface area contributed by atoms with Gasteiger partial charge in [0.2, 0.25) is 0 Å². The maximum atomic E-state index is 10.2. The Morgan fingerprint density at radius 2 is 0.804 bits per heavy atom. The van der Waals surface area contributed by atoms with Crippen LogP contribution < -0.4 is 0 Å². The first-order valence-electron chi connectivity index (χ1n) is 30.2. The van der Waals surface area contributed by atoms with E-state index < -0.39 is 290 Å². The van der Waals surface area contributed by atoms with Gasteiger partial charge in [-0.2, -0.15) is 0 Å². The summed E-state index contributed by atoms with van der Waals surface area (Å²) in [6, 6.07) is -28.9. The lowest BCUT2D eigenvalue weighted by atomic mass is 9.82. The monoisotopic (exact) mass is 676 g/mol. The number of rotatable bonds is 3. The van der Waals surface area contributed by atoms with Crippen molar-refractivity contribution in [2.24, 2.45) is 0 Å². The lowest BCUT2D eigenvalue weighted by Crippen LogP contribution is -1.93. The number of fused-ring (bicyclic) bond motifs is 9. The zero-order valence-electron chi connectivity index (χ0n) is 55.4. The smallest absolute Gasteiger partial charge is 0.136 e. The second-order valence-electron chi connectivity index (χ2n) is 11.3. The molecule has 0 bridgehead atoms. The van der Waals surface area contributed by atoms with Gasteiger partial charge in [-0.25, -0.2) is 0 Å². The van der Waals surface area contributed by atoms with Crippen LogP contribution in [0.5, 0.6) is 0 Å². The zero-order valence-corrected chi connectivity index (χ0v) is 25.4. The molecule has 0 fully saturated rings. The van der Waals surface area contributed by atoms with Gasteiger partial charge in [-0.15, -0.1) is 0 Å². The van der Waals surface area contributed by atoms with Crippen molar-refractivity contribution in [2.45, 2.75) is 0 Å². The van der Waals surface area contributed by atoms with Crippen LogP contribution in [0.15, 0.2) is 186 Å². The quantitative estimate of drug-likeness (QED) is 0.170. The lowest BCUT2D eigenvalue weighted by molar-refractivity contribution is 0.669. The van der Waals surface area contributed by atoms with Crippen LogP contribution >= 0.6 is 0 Å². The van der Waals surface area contributed by atoms with Crippen LogP contribution in [0.4, 0.5) is 0 Å². The molecule has 0 spiro atoms. The summed E-state index contributed by atoms with van der Waals surface area (Å²) in [6.45, 7) is 0. The van der Waals surface area contributed by atoms with Crippen LogP contribution in [0.25, 0.3) is 109 Å². The molecule has 236 valence electrons. The summed E-state index contributed by atoms with van der Waals surface area (Å²) in [6.07, 6.45) is 0. The topological polar surface area (TPSA) is 13.1 Å². The number of hydrogen-bond acceptors (Lipinski definition) is 1. The van der Waals surface area contributed by atoms with Crippen LogP contribution in [0.2, 0.25) is 0 Å². The second kappa shape index (κ2) is 10.9. The standard InChI is InChI=1S/C50H30O/c1-2-13-33-27-37(22-21-31(33)11-1)48-39-17-7-9-19-41(39)49(42-20-10-8-18-40(42)48)44-29-35-15-4-3-14-34(35)28-43(44)36-24-25-46-45(30-36)50-38-16-6-5-12-32(38)23-26-47(50)51-46/h1-30H/i1D,2D,3D,4D,5D,6D,7D,8D,9D,10D,11D,12D,13D,14D,15D,16D,17D,18D,19D,20D,21D,22D,23D,24D,25D,26D,27D,28D,29D,30D. The molecule has 11 aromatic rings. The molecule has 0 aliphatic rings. The first kappa shape index (κ1) is 11.7. The van der Waals surface area contributed by atoms with E-state index in [2.05, 4.69) is 0 Å². The molecule has 0 N–H and O–H groups in total. The number of hydrogen-bond donors (Lipinski definition) is 0. The van der Waals surface area contributed by atoms with E-state index in [1.54, 1.807) is 0 Å².